The maximum Gasteiger partial charge on any atom is 0.114 e. The molecule has 2 aliphatic rings. The Bertz CT molecular complexity index is 433. The molecule has 1 aromatic rings. The van der Waals surface area contributed by atoms with Gasteiger partial charge in [0.15, 0.2) is 0 Å². The minimum atomic E-state index is 0.114. The van der Waals surface area contributed by atoms with E-state index >= 15 is 0 Å². The van der Waals surface area contributed by atoms with Crippen molar-refractivity contribution in [1.29, 1.82) is 0 Å². The molecule has 0 amide bonds. The molecule has 0 radical (unpaired) electrons. The van der Waals surface area contributed by atoms with Crippen LogP contribution in [0.1, 0.15) is 55.1 Å². The van der Waals surface area contributed by atoms with Gasteiger partial charge in [-0.1, -0.05) is 13.8 Å². The number of aryl methyl sites for hydroxylation is 2. The molecule has 3 nitrogen and oxygen atoms in total. The lowest BCUT2D eigenvalue weighted by Crippen LogP contribution is -2.55. The number of hydrogen-bond donors (Lipinski definition) is 2. The zero-order valence-electron chi connectivity index (χ0n) is 12.8. The SMILES string of the molecule is CCCNC1(c2nc3c(s2)CCCC3)CCNCC1C. The zero-order chi connectivity index (χ0) is 14.0. The van der Waals surface area contributed by atoms with E-state index in [0.29, 0.717) is 5.92 Å². The van der Waals surface area contributed by atoms with Gasteiger partial charge in [0.1, 0.15) is 5.01 Å². The molecule has 20 heavy (non-hydrogen) atoms. The second-order valence-electron chi connectivity index (χ2n) is 6.35. The Morgan fingerprint density at radius 2 is 2.25 bits per heavy atom. The topological polar surface area (TPSA) is 37.0 Å². The van der Waals surface area contributed by atoms with Crippen molar-refractivity contribution in [2.45, 2.75) is 57.9 Å². The summed E-state index contributed by atoms with van der Waals surface area (Å²) >= 11 is 1.99. The third-order valence-electron chi connectivity index (χ3n) is 4.91. The summed E-state index contributed by atoms with van der Waals surface area (Å²) in [6, 6.07) is 0. The van der Waals surface area contributed by atoms with Crippen molar-refractivity contribution in [3.63, 3.8) is 0 Å². The van der Waals surface area contributed by atoms with Crippen LogP contribution in [0.4, 0.5) is 0 Å². The Balaban J connectivity index is 1.93. The molecule has 2 heterocycles. The molecule has 112 valence electrons. The summed E-state index contributed by atoms with van der Waals surface area (Å²) in [6.07, 6.45) is 7.48. The van der Waals surface area contributed by atoms with Gasteiger partial charge in [0.2, 0.25) is 0 Å². The van der Waals surface area contributed by atoms with E-state index in [1.165, 1.54) is 49.2 Å². The van der Waals surface area contributed by atoms with Crippen LogP contribution in [0.15, 0.2) is 0 Å². The standard InChI is InChI=1S/C16H27N3S/c1-3-9-18-16(8-10-17-11-12(16)2)15-19-13-6-4-5-7-14(13)20-15/h12,17-18H,3-11H2,1-2H3. The number of piperidine rings is 1. The van der Waals surface area contributed by atoms with Crippen LogP contribution in [-0.2, 0) is 18.4 Å². The van der Waals surface area contributed by atoms with Crippen molar-refractivity contribution >= 4 is 11.3 Å². The lowest BCUT2D eigenvalue weighted by Gasteiger charge is -2.42. The average Bonchev–Trinajstić information content (AvgIpc) is 2.91. The minimum absolute atomic E-state index is 0.114. The van der Waals surface area contributed by atoms with Crippen molar-refractivity contribution < 1.29 is 0 Å². The summed E-state index contributed by atoms with van der Waals surface area (Å²) in [5.41, 5.74) is 1.52. The molecule has 0 bridgehead atoms. The highest BCUT2D eigenvalue weighted by Gasteiger charge is 2.42. The first-order chi connectivity index (χ1) is 9.76. The molecule has 3 rings (SSSR count). The number of hydrogen-bond acceptors (Lipinski definition) is 4. The van der Waals surface area contributed by atoms with Gasteiger partial charge >= 0.3 is 0 Å². The van der Waals surface area contributed by atoms with Gasteiger partial charge in [-0.2, -0.15) is 0 Å². The van der Waals surface area contributed by atoms with Crippen molar-refractivity contribution in [2.24, 2.45) is 5.92 Å². The largest absolute Gasteiger partial charge is 0.316 e. The molecule has 4 heteroatoms. The molecule has 0 spiro atoms. The van der Waals surface area contributed by atoms with Gasteiger partial charge in [-0.3, -0.25) is 0 Å². The minimum Gasteiger partial charge on any atom is -0.316 e. The molecular formula is C16H27N3S. The quantitative estimate of drug-likeness (QED) is 0.896. The van der Waals surface area contributed by atoms with E-state index in [2.05, 4.69) is 24.5 Å². The van der Waals surface area contributed by atoms with E-state index in [0.717, 1.165) is 19.6 Å². The number of nitrogens with zero attached hydrogens (tertiary/aromatic N) is 1. The van der Waals surface area contributed by atoms with Crippen LogP contribution in [0.25, 0.3) is 0 Å². The summed E-state index contributed by atoms with van der Waals surface area (Å²) in [7, 11) is 0. The second kappa shape index (κ2) is 6.12. The highest BCUT2D eigenvalue weighted by molar-refractivity contribution is 7.11. The Labute approximate surface area is 126 Å². The van der Waals surface area contributed by atoms with E-state index in [4.69, 9.17) is 4.98 Å². The molecule has 1 aromatic heterocycles. The highest BCUT2D eigenvalue weighted by Crippen LogP contribution is 2.40. The monoisotopic (exact) mass is 293 g/mol. The Hall–Kier alpha value is -0.450. The summed E-state index contributed by atoms with van der Waals surface area (Å²) in [4.78, 5) is 6.64. The molecule has 2 atom stereocenters. The number of nitrogens with one attached hydrogen (secondary N) is 2. The van der Waals surface area contributed by atoms with Gasteiger partial charge in [-0.25, -0.2) is 4.98 Å². The van der Waals surface area contributed by atoms with Crippen LogP contribution in [0, 0.1) is 5.92 Å². The molecule has 1 aliphatic carbocycles. The van der Waals surface area contributed by atoms with Crippen LogP contribution < -0.4 is 10.6 Å². The molecule has 1 aliphatic heterocycles. The average molecular weight is 293 g/mol. The lowest BCUT2D eigenvalue weighted by atomic mass is 9.79. The van der Waals surface area contributed by atoms with Crippen LogP contribution in [0.5, 0.6) is 0 Å². The van der Waals surface area contributed by atoms with Crippen molar-refractivity contribution in [2.75, 3.05) is 19.6 Å². The number of aromatic nitrogens is 1. The zero-order valence-corrected chi connectivity index (χ0v) is 13.6. The summed E-state index contributed by atoms with van der Waals surface area (Å²) in [5.74, 6) is 0.607. The van der Waals surface area contributed by atoms with E-state index in [1.807, 2.05) is 11.3 Å². The van der Waals surface area contributed by atoms with E-state index in [1.54, 1.807) is 4.88 Å². The first-order valence-corrected chi connectivity index (χ1v) is 9.02. The number of rotatable bonds is 4. The first-order valence-electron chi connectivity index (χ1n) is 8.21. The van der Waals surface area contributed by atoms with Crippen LogP contribution >= 0.6 is 11.3 Å². The van der Waals surface area contributed by atoms with Crippen LogP contribution in [0.2, 0.25) is 0 Å². The maximum atomic E-state index is 5.08. The molecule has 1 saturated heterocycles. The van der Waals surface area contributed by atoms with Crippen molar-refractivity contribution in [3.05, 3.63) is 15.6 Å². The van der Waals surface area contributed by atoms with Crippen molar-refractivity contribution in [1.82, 2.24) is 15.6 Å². The summed E-state index contributed by atoms with van der Waals surface area (Å²) in [6.45, 7) is 7.91. The molecule has 2 N–H and O–H groups in total. The fourth-order valence-corrected chi connectivity index (χ4v) is 5.03. The summed E-state index contributed by atoms with van der Waals surface area (Å²) < 4.78 is 0. The van der Waals surface area contributed by atoms with Crippen LogP contribution in [-0.4, -0.2) is 24.6 Å². The van der Waals surface area contributed by atoms with Gasteiger partial charge in [0.05, 0.1) is 11.2 Å². The van der Waals surface area contributed by atoms with Gasteiger partial charge in [-0.15, -0.1) is 11.3 Å². The Morgan fingerprint density at radius 3 is 3.00 bits per heavy atom. The smallest absolute Gasteiger partial charge is 0.114 e. The van der Waals surface area contributed by atoms with Crippen LogP contribution in [0.3, 0.4) is 0 Å². The molecule has 0 saturated carbocycles. The first kappa shape index (κ1) is 14.5. The predicted octanol–water partition coefficient (Wildman–Crippen LogP) is 2.85. The van der Waals surface area contributed by atoms with Crippen molar-refractivity contribution in [3.8, 4) is 0 Å². The highest BCUT2D eigenvalue weighted by atomic mass is 32.1. The van der Waals surface area contributed by atoms with E-state index < -0.39 is 0 Å². The predicted molar refractivity (Wildman–Crippen MR) is 85.4 cm³/mol. The molecule has 0 aromatic carbocycles. The lowest BCUT2D eigenvalue weighted by molar-refractivity contribution is 0.167. The maximum absolute atomic E-state index is 5.08. The second-order valence-corrected chi connectivity index (χ2v) is 7.43. The van der Waals surface area contributed by atoms with E-state index in [9.17, 15) is 0 Å². The number of thiazole rings is 1. The van der Waals surface area contributed by atoms with Gasteiger partial charge < -0.3 is 10.6 Å². The normalized spacial score (nSPS) is 30.2. The molecule has 2 unspecified atom stereocenters. The fraction of sp³-hybridized carbons (Fsp3) is 0.812. The number of fused-ring (bicyclic) bond motifs is 1. The third kappa shape index (κ3) is 2.53. The van der Waals surface area contributed by atoms with E-state index in [-0.39, 0.29) is 5.54 Å². The van der Waals surface area contributed by atoms with Gasteiger partial charge in [0, 0.05) is 4.88 Å². The third-order valence-corrected chi connectivity index (χ3v) is 6.24. The molecular weight excluding hydrogens is 266 g/mol. The van der Waals surface area contributed by atoms with Gasteiger partial charge in [-0.05, 0) is 64.1 Å². The fourth-order valence-electron chi connectivity index (χ4n) is 3.57. The Kier molecular flexibility index (Phi) is 4.43. The molecule has 1 fully saturated rings. The summed E-state index contributed by atoms with van der Waals surface area (Å²) in [5, 5.41) is 8.77. The van der Waals surface area contributed by atoms with Gasteiger partial charge in [0.25, 0.3) is 0 Å². The Morgan fingerprint density at radius 1 is 1.40 bits per heavy atom.